The molecule has 0 heterocycles. The lowest BCUT2D eigenvalue weighted by molar-refractivity contribution is -0.154. The summed E-state index contributed by atoms with van der Waals surface area (Å²) in [4.78, 5) is 0. The summed E-state index contributed by atoms with van der Waals surface area (Å²) in [5.41, 5.74) is 0.481. The SMILES string of the molecule is C=CC(=C)C(C)(O)OCC. The lowest BCUT2D eigenvalue weighted by Gasteiger charge is -2.23. The number of aliphatic hydroxyl groups is 1. The van der Waals surface area contributed by atoms with Gasteiger partial charge in [0.15, 0.2) is 5.79 Å². The van der Waals surface area contributed by atoms with Gasteiger partial charge in [0.25, 0.3) is 0 Å². The molecule has 0 aliphatic heterocycles. The van der Waals surface area contributed by atoms with E-state index >= 15 is 0 Å². The Labute approximate surface area is 61.8 Å². The molecule has 2 nitrogen and oxygen atoms in total. The molecule has 0 aromatic heterocycles. The Hall–Kier alpha value is -0.600. The molecule has 0 saturated heterocycles. The van der Waals surface area contributed by atoms with Crippen LogP contribution in [0.2, 0.25) is 0 Å². The van der Waals surface area contributed by atoms with E-state index in [2.05, 4.69) is 13.2 Å². The van der Waals surface area contributed by atoms with Gasteiger partial charge in [0.05, 0.1) is 0 Å². The molecule has 0 bridgehead atoms. The molecule has 0 amide bonds. The molecule has 1 N–H and O–H groups in total. The third kappa shape index (κ3) is 2.33. The van der Waals surface area contributed by atoms with E-state index in [0.29, 0.717) is 12.2 Å². The lowest BCUT2D eigenvalue weighted by atomic mass is 10.1. The summed E-state index contributed by atoms with van der Waals surface area (Å²) >= 11 is 0. The standard InChI is InChI=1S/C8H14O2/c1-5-7(3)8(4,9)10-6-2/h5,9H,1,3,6H2,2,4H3. The van der Waals surface area contributed by atoms with Crippen molar-refractivity contribution in [3.05, 3.63) is 24.8 Å². The molecule has 1 unspecified atom stereocenters. The molecule has 0 aromatic carbocycles. The van der Waals surface area contributed by atoms with Crippen LogP contribution in [0, 0.1) is 0 Å². The first-order chi connectivity index (χ1) is 4.54. The van der Waals surface area contributed by atoms with Gasteiger partial charge in [-0.3, -0.25) is 0 Å². The minimum absolute atomic E-state index is 0.458. The van der Waals surface area contributed by atoms with Gasteiger partial charge in [0, 0.05) is 12.2 Å². The van der Waals surface area contributed by atoms with E-state index in [9.17, 15) is 5.11 Å². The van der Waals surface area contributed by atoms with Crippen molar-refractivity contribution >= 4 is 0 Å². The van der Waals surface area contributed by atoms with Crippen LogP contribution in [0.4, 0.5) is 0 Å². The molecule has 0 aliphatic carbocycles. The van der Waals surface area contributed by atoms with Gasteiger partial charge in [-0.15, -0.1) is 0 Å². The quantitative estimate of drug-likeness (QED) is 0.476. The second kappa shape index (κ2) is 3.54. The highest BCUT2D eigenvalue weighted by molar-refractivity contribution is 5.18. The van der Waals surface area contributed by atoms with Crippen molar-refractivity contribution in [1.82, 2.24) is 0 Å². The van der Waals surface area contributed by atoms with E-state index in [1.807, 2.05) is 6.92 Å². The second-order valence-electron chi connectivity index (χ2n) is 2.15. The molecule has 0 aromatic rings. The van der Waals surface area contributed by atoms with E-state index in [1.165, 1.54) is 6.08 Å². The largest absolute Gasteiger partial charge is 0.362 e. The third-order valence-corrected chi connectivity index (χ3v) is 1.27. The number of hydrogen-bond donors (Lipinski definition) is 1. The summed E-state index contributed by atoms with van der Waals surface area (Å²) in [6.45, 7) is 10.9. The molecule has 0 aliphatic rings. The fourth-order valence-electron chi connectivity index (χ4n) is 0.563. The van der Waals surface area contributed by atoms with E-state index < -0.39 is 5.79 Å². The summed E-state index contributed by atoms with van der Waals surface area (Å²) < 4.78 is 4.97. The Morgan fingerprint density at radius 1 is 1.80 bits per heavy atom. The van der Waals surface area contributed by atoms with Gasteiger partial charge in [0.1, 0.15) is 0 Å². The minimum atomic E-state index is -1.25. The van der Waals surface area contributed by atoms with Gasteiger partial charge in [-0.1, -0.05) is 19.2 Å². The van der Waals surface area contributed by atoms with Gasteiger partial charge in [0.2, 0.25) is 0 Å². The van der Waals surface area contributed by atoms with Crippen molar-refractivity contribution in [1.29, 1.82) is 0 Å². The minimum Gasteiger partial charge on any atom is -0.362 e. The smallest absolute Gasteiger partial charge is 0.188 e. The zero-order valence-corrected chi connectivity index (χ0v) is 6.55. The van der Waals surface area contributed by atoms with Crippen molar-refractivity contribution in [3.8, 4) is 0 Å². The average molecular weight is 142 g/mol. The summed E-state index contributed by atoms with van der Waals surface area (Å²) in [5, 5.41) is 9.39. The van der Waals surface area contributed by atoms with E-state index in [0.717, 1.165) is 0 Å². The summed E-state index contributed by atoms with van der Waals surface area (Å²) in [6.07, 6.45) is 1.48. The Bertz CT molecular complexity index is 136. The maximum Gasteiger partial charge on any atom is 0.188 e. The highest BCUT2D eigenvalue weighted by Gasteiger charge is 2.21. The molecule has 1 atom stereocenters. The van der Waals surface area contributed by atoms with E-state index in [-0.39, 0.29) is 0 Å². The molecular weight excluding hydrogens is 128 g/mol. The Morgan fingerprint density at radius 2 is 2.30 bits per heavy atom. The van der Waals surface area contributed by atoms with Gasteiger partial charge >= 0.3 is 0 Å². The highest BCUT2D eigenvalue weighted by atomic mass is 16.6. The fourth-order valence-corrected chi connectivity index (χ4v) is 0.563. The maximum absolute atomic E-state index is 9.39. The highest BCUT2D eigenvalue weighted by Crippen LogP contribution is 2.16. The Balaban J connectivity index is 4.08. The molecule has 0 spiro atoms. The maximum atomic E-state index is 9.39. The van der Waals surface area contributed by atoms with Crippen molar-refractivity contribution < 1.29 is 9.84 Å². The second-order valence-corrected chi connectivity index (χ2v) is 2.15. The first-order valence-corrected chi connectivity index (χ1v) is 3.22. The Morgan fingerprint density at radius 3 is 2.60 bits per heavy atom. The molecule has 10 heavy (non-hydrogen) atoms. The van der Waals surface area contributed by atoms with Gasteiger partial charge in [-0.25, -0.2) is 0 Å². The molecule has 0 rings (SSSR count). The van der Waals surface area contributed by atoms with Crippen LogP contribution in [-0.4, -0.2) is 17.5 Å². The molecule has 0 saturated carbocycles. The topological polar surface area (TPSA) is 29.5 Å². The van der Waals surface area contributed by atoms with Crippen molar-refractivity contribution in [2.75, 3.05) is 6.61 Å². The van der Waals surface area contributed by atoms with Crippen LogP contribution in [0.3, 0.4) is 0 Å². The van der Waals surface area contributed by atoms with Crippen molar-refractivity contribution in [3.63, 3.8) is 0 Å². The molecule has 0 radical (unpaired) electrons. The third-order valence-electron chi connectivity index (χ3n) is 1.27. The van der Waals surface area contributed by atoms with Crippen LogP contribution in [0.5, 0.6) is 0 Å². The predicted octanol–water partition coefficient (Wildman–Crippen LogP) is 1.47. The Kier molecular flexibility index (Phi) is 3.33. The van der Waals surface area contributed by atoms with Crippen LogP contribution in [0.15, 0.2) is 24.8 Å². The molecular formula is C8H14O2. The lowest BCUT2D eigenvalue weighted by Crippen LogP contribution is -2.29. The predicted molar refractivity (Wildman–Crippen MR) is 41.6 cm³/mol. The average Bonchev–Trinajstić information content (AvgIpc) is 1.86. The van der Waals surface area contributed by atoms with E-state index in [1.54, 1.807) is 6.92 Å². The summed E-state index contributed by atoms with van der Waals surface area (Å²) in [5.74, 6) is -1.25. The van der Waals surface area contributed by atoms with Crippen molar-refractivity contribution in [2.45, 2.75) is 19.6 Å². The van der Waals surface area contributed by atoms with Crippen LogP contribution >= 0.6 is 0 Å². The number of ether oxygens (including phenoxy) is 1. The monoisotopic (exact) mass is 142 g/mol. The van der Waals surface area contributed by atoms with E-state index in [4.69, 9.17) is 4.74 Å². The van der Waals surface area contributed by atoms with Crippen LogP contribution < -0.4 is 0 Å². The fraction of sp³-hybridized carbons (Fsp3) is 0.500. The van der Waals surface area contributed by atoms with Crippen LogP contribution in [0.1, 0.15) is 13.8 Å². The number of hydrogen-bond acceptors (Lipinski definition) is 2. The van der Waals surface area contributed by atoms with Gasteiger partial charge < -0.3 is 9.84 Å². The van der Waals surface area contributed by atoms with Crippen LogP contribution in [-0.2, 0) is 4.74 Å². The zero-order chi connectivity index (χ0) is 8.20. The van der Waals surface area contributed by atoms with Gasteiger partial charge in [-0.05, 0) is 13.8 Å². The molecule has 2 heteroatoms. The summed E-state index contributed by atoms with van der Waals surface area (Å²) in [7, 11) is 0. The van der Waals surface area contributed by atoms with Crippen LogP contribution in [0.25, 0.3) is 0 Å². The summed E-state index contributed by atoms with van der Waals surface area (Å²) in [6, 6.07) is 0. The van der Waals surface area contributed by atoms with Crippen molar-refractivity contribution in [2.24, 2.45) is 0 Å². The number of rotatable bonds is 4. The normalized spacial score (nSPS) is 15.9. The first-order valence-electron chi connectivity index (χ1n) is 3.22. The first kappa shape index (κ1) is 9.40. The zero-order valence-electron chi connectivity index (χ0n) is 6.55. The molecule has 58 valence electrons. The van der Waals surface area contributed by atoms with Gasteiger partial charge in [-0.2, -0.15) is 0 Å². The molecule has 0 fully saturated rings.